The first-order valence-electron chi connectivity index (χ1n) is 5.21. The molecule has 0 unspecified atom stereocenters. The van der Waals surface area contributed by atoms with Crippen molar-refractivity contribution in [2.75, 3.05) is 6.26 Å². The van der Waals surface area contributed by atoms with E-state index in [1.165, 1.54) is 11.1 Å². The molecule has 1 nitrogen and oxygen atoms in total. The van der Waals surface area contributed by atoms with Crippen LogP contribution < -0.4 is 0 Å². The minimum Gasteiger partial charge on any atom is -0.260 e. The Kier molecular flexibility index (Phi) is 3.52. The highest BCUT2D eigenvalue weighted by atomic mass is 32.2. The zero-order valence-electron chi connectivity index (χ0n) is 9.22. The highest BCUT2D eigenvalue weighted by Gasteiger charge is 2.04. The Labute approximate surface area is 98.6 Å². The van der Waals surface area contributed by atoms with Gasteiger partial charge in [-0.1, -0.05) is 54.6 Å². The van der Waals surface area contributed by atoms with Crippen molar-refractivity contribution in [1.82, 2.24) is 0 Å². The molecule has 0 saturated heterocycles. The molecule has 0 aliphatic rings. The Balaban J connectivity index is 2.44. The van der Waals surface area contributed by atoms with Crippen molar-refractivity contribution in [2.45, 2.75) is 5.75 Å². The largest absolute Gasteiger partial charge is 0.260 e. The van der Waals surface area contributed by atoms with Gasteiger partial charge in [-0.05, 0) is 16.7 Å². The van der Waals surface area contributed by atoms with Crippen molar-refractivity contribution in [1.29, 1.82) is 0 Å². The fourth-order valence-corrected chi connectivity index (χ4v) is 2.45. The molecule has 0 aliphatic heterocycles. The fourth-order valence-electron chi connectivity index (χ4n) is 1.76. The maximum absolute atomic E-state index is 11.3. The van der Waals surface area contributed by atoms with Gasteiger partial charge in [0, 0.05) is 22.8 Å². The zero-order chi connectivity index (χ0) is 11.4. The minimum absolute atomic E-state index is 0.616. The van der Waals surface area contributed by atoms with Crippen molar-refractivity contribution in [3.8, 4) is 11.1 Å². The Morgan fingerprint density at radius 2 is 1.56 bits per heavy atom. The molecule has 0 N–H and O–H groups in total. The topological polar surface area (TPSA) is 17.1 Å². The predicted molar refractivity (Wildman–Crippen MR) is 69.6 cm³/mol. The third kappa shape index (κ3) is 2.58. The first kappa shape index (κ1) is 11.1. The summed E-state index contributed by atoms with van der Waals surface area (Å²) in [7, 11) is -0.801. The Morgan fingerprint density at radius 1 is 0.938 bits per heavy atom. The van der Waals surface area contributed by atoms with E-state index in [9.17, 15) is 4.21 Å². The van der Waals surface area contributed by atoms with Crippen LogP contribution in [0.5, 0.6) is 0 Å². The molecule has 0 aliphatic carbocycles. The number of benzene rings is 2. The predicted octanol–water partition coefficient (Wildman–Crippen LogP) is 3.23. The van der Waals surface area contributed by atoms with Gasteiger partial charge in [-0.25, -0.2) is 0 Å². The molecule has 82 valence electrons. The summed E-state index contributed by atoms with van der Waals surface area (Å²) in [6, 6.07) is 18.4. The molecule has 2 aromatic carbocycles. The molecule has 2 aromatic rings. The first-order valence-corrected chi connectivity index (χ1v) is 6.93. The number of hydrogen-bond acceptors (Lipinski definition) is 1. The van der Waals surface area contributed by atoms with Crippen molar-refractivity contribution in [2.24, 2.45) is 0 Å². The molecule has 0 aromatic heterocycles. The summed E-state index contributed by atoms with van der Waals surface area (Å²) >= 11 is 0. The summed E-state index contributed by atoms with van der Waals surface area (Å²) in [5.74, 6) is 0.616. The molecule has 0 saturated carbocycles. The summed E-state index contributed by atoms with van der Waals surface area (Å²) in [4.78, 5) is 0. The Morgan fingerprint density at radius 3 is 2.25 bits per heavy atom. The molecule has 1 atom stereocenters. The van der Waals surface area contributed by atoms with E-state index in [4.69, 9.17) is 0 Å². The van der Waals surface area contributed by atoms with Gasteiger partial charge >= 0.3 is 0 Å². The van der Waals surface area contributed by atoms with Gasteiger partial charge in [-0.2, -0.15) is 0 Å². The van der Waals surface area contributed by atoms with E-state index in [2.05, 4.69) is 18.2 Å². The summed E-state index contributed by atoms with van der Waals surface area (Å²) in [5.41, 5.74) is 3.51. The maximum Gasteiger partial charge on any atom is 0.0488 e. The van der Waals surface area contributed by atoms with Crippen LogP contribution >= 0.6 is 0 Å². The summed E-state index contributed by atoms with van der Waals surface area (Å²) < 4.78 is 11.3. The number of rotatable bonds is 3. The molecule has 2 rings (SSSR count). The van der Waals surface area contributed by atoms with E-state index in [1.807, 2.05) is 36.4 Å². The van der Waals surface area contributed by atoms with E-state index < -0.39 is 10.8 Å². The average Bonchev–Trinajstić information content (AvgIpc) is 2.30. The second-order valence-electron chi connectivity index (χ2n) is 3.74. The van der Waals surface area contributed by atoms with E-state index in [0.29, 0.717) is 5.75 Å². The lowest BCUT2D eigenvalue weighted by Gasteiger charge is -2.08. The van der Waals surface area contributed by atoms with Gasteiger partial charge in [0.25, 0.3) is 0 Å². The van der Waals surface area contributed by atoms with Crippen molar-refractivity contribution in [3.05, 3.63) is 60.2 Å². The van der Waals surface area contributed by atoms with E-state index >= 15 is 0 Å². The van der Waals surface area contributed by atoms with E-state index in [-0.39, 0.29) is 0 Å². The number of hydrogen-bond donors (Lipinski definition) is 0. The molecule has 0 fully saturated rings. The molecule has 0 amide bonds. The standard InChI is InChI=1S/C14H14OS/c1-16(15)11-13-9-5-6-10-14(13)12-7-3-2-4-8-12/h2-10H,11H2,1H3/t16-/m1/s1. The Hall–Kier alpha value is -1.41. The van der Waals surface area contributed by atoms with Crippen LogP contribution in [0.4, 0.5) is 0 Å². The van der Waals surface area contributed by atoms with Crippen molar-refractivity contribution >= 4 is 10.8 Å². The molecule has 16 heavy (non-hydrogen) atoms. The molecular weight excluding hydrogens is 216 g/mol. The lowest BCUT2D eigenvalue weighted by molar-refractivity contribution is 0.686. The van der Waals surface area contributed by atoms with Gasteiger partial charge in [0.1, 0.15) is 0 Å². The smallest absolute Gasteiger partial charge is 0.0488 e. The van der Waals surface area contributed by atoms with Gasteiger partial charge in [0.15, 0.2) is 0 Å². The van der Waals surface area contributed by atoms with Gasteiger partial charge in [-0.3, -0.25) is 4.21 Å². The van der Waals surface area contributed by atoms with Crippen LogP contribution in [0, 0.1) is 0 Å². The van der Waals surface area contributed by atoms with Crippen molar-refractivity contribution in [3.63, 3.8) is 0 Å². The monoisotopic (exact) mass is 230 g/mol. The van der Waals surface area contributed by atoms with Crippen LogP contribution in [-0.4, -0.2) is 10.5 Å². The molecule has 0 bridgehead atoms. The van der Waals surface area contributed by atoms with Crippen LogP contribution in [0.15, 0.2) is 54.6 Å². The second-order valence-corrected chi connectivity index (χ2v) is 5.18. The third-order valence-electron chi connectivity index (χ3n) is 2.46. The molecule has 0 heterocycles. The van der Waals surface area contributed by atoms with Crippen LogP contribution in [0.25, 0.3) is 11.1 Å². The van der Waals surface area contributed by atoms with Crippen LogP contribution in [0.2, 0.25) is 0 Å². The summed E-state index contributed by atoms with van der Waals surface area (Å²) in [6.07, 6.45) is 1.74. The normalized spacial score (nSPS) is 12.3. The van der Waals surface area contributed by atoms with Gasteiger partial charge in [0.05, 0.1) is 0 Å². The zero-order valence-corrected chi connectivity index (χ0v) is 10.0. The van der Waals surface area contributed by atoms with Gasteiger partial charge in [0.2, 0.25) is 0 Å². The summed E-state index contributed by atoms with van der Waals surface area (Å²) in [5, 5.41) is 0. The molecule has 0 spiro atoms. The maximum atomic E-state index is 11.3. The molecule has 0 radical (unpaired) electrons. The van der Waals surface area contributed by atoms with E-state index in [1.54, 1.807) is 6.26 Å². The lowest BCUT2D eigenvalue weighted by Crippen LogP contribution is -1.94. The molecular formula is C14H14OS. The first-order chi connectivity index (χ1) is 7.77. The summed E-state index contributed by atoms with van der Waals surface area (Å²) in [6.45, 7) is 0. The van der Waals surface area contributed by atoms with Crippen LogP contribution in [0.1, 0.15) is 5.56 Å². The highest BCUT2D eigenvalue weighted by Crippen LogP contribution is 2.24. The lowest BCUT2D eigenvalue weighted by atomic mass is 10.0. The Bertz CT molecular complexity index is 491. The molecule has 2 heteroatoms. The minimum atomic E-state index is -0.801. The van der Waals surface area contributed by atoms with Crippen molar-refractivity contribution < 1.29 is 4.21 Å². The average molecular weight is 230 g/mol. The van der Waals surface area contributed by atoms with Gasteiger partial charge in [-0.15, -0.1) is 0 Å². The van der Waals surface area contributed by atoms with E-state index in [0.717, 1.165) is 5.56 Å². The van der Waals surface area contributed by atoms with Gasteiger partial charge < -0.3 is 0 Å². The fraction of sp³-hybridized carbons (Fsp3) is 0.143. The third-order valence-corrected chi connectivity index (χ3v) is 3.18. The second kappa shape index (κ2) is 5.08. The van der Waals surface area contributed by atoms with Crippen LogP contribution in [-0.2, 0) is 16.6 Å². The SMILES string of the molecule is C[S@@](=O)Cc1ccccc1-c1ccccc1. The highest BCUT2D eigenvalue weighted by molar-refractivity contribution is 7.83. The quantitative estimate of drug-likeness (QED) is 0.791. The van der Waals surface area contributed by atoms with Crippen LogP contribution in [0.3, 0.4) is 0 Å².